The summed E-state index contributed by atoms with van der Waals surface area (Å²) < 4.78 is 0. The molecular formula is C23H31N3O3. The summed E-state index contributed by atoms with van der Waals surface area (Å²) in [5.74, 6) is -0.372. The van der Waals surface area contributed by atoms with E-state index < -0.39 is 0 Å². The summed E-state index contributed by atoms with van der Waals surface area (Å²) in [4.78, 5) is 26.8. The summed E-state index contributed by atoms with van der Waals surface area (Å²) in [6.45, 7) is 8.52. The number of carbonyl (C=O) groups excluding carboxylic acids is 2. The van der Waals surface area contributed by atoms with Gasteiger partial charge in [0, 0.05) is 24.5 Å². The number of hydrogen-bond acceptors (Lipinski definition) is 4. The minimum absolute atomic E-state index is 0.00782. The van der Waals surface area contributed by atoms with Crippen LogP contribution in [0.1, 0.15) is 28.7 Å². The summed E-state index contributed by atoms with van der Waals surface area (Å²) in [6, 6.07) is 11.7. The maximum Gasteiger partial charge on any atom is 0.238 e. The van der Waals surface area contributed by atoms with Crippen molar-refractivity contribution in [3.8, 4) is 0 Å². The molecule has 0 aliphatic rings. The Bertz CT molecular complexity index is 797. The molecule has 0 atom stereocenters. The van der Waals surface area contributed by atoms with E-state index in [-0.39, 0.29) is 31.5 Å². The van der Waals surface area contributed by atoms with E-state index in [2.05, 4.69) is 10.6 Å². The van der Waals surface area contributed by atoms with Crippen LogP contribution in [-0.4, -0.2) is 48.1 Å². The number of hydrogen-bond donors (Lipinski definition) is 3. The van der Waals surface area contributed by atoms with Gasteiger partial charge in [-0.3, -0.25) is 14.5 Å². The highest BCUT2D eigenvalue weighted by atomic mass is 16.3. The van der Waals surface area contributed by atoms with E-state index in [4.69, 9.17) is 5.11 Å². The summed E-state index contributed by atoms with van der Waals surface area (Å²) in [7, 11) is 0. The second-order valence-corrected chi connectivity index (χ2v) is 7.52. The van der Waals surface area contributed by atoms with Gasteiger partial charge in [0.2, 0.25) is 11.8 Å². The molecule has 29 heavy (non-hydrogen) atoms. The summed E-state index contributed by atoms with van der Waals surface area (Å²) >= 11 is 0. The van der Waals surface area contributed by atoms with E-state index >= 15 is 0 Å². The molecule has 0 aliphatic carbocycles. The number of aliphatic hydroxyl groups is 1. The Morgan fingerprint density at radius 2 is 1.28 bits per heavy atom. The van der Waals surface area contributed by atoms with E-state index in [1.54, 1.807) is 4.90 Å². The summed E-state index contributed by atoms with van der Waals surface area (Å²) in [5, 5.41) is 15.0. The van der Waals surface area contributed by atoms with Crippen molar-refractivity contribution in [2.24, 2.45) is 0 Å². The molecule has 2 rings (SSSR count). The van der Waals surface area contributed by atoms with Crippen molar-refractivity contribution >= 4 is 23.2 Å². The van der Waals surface area contributed by atoms with Gasteiger partial charge in [0.25, 0.3) is 0 Å². The highest BCUT2D eigenvalue weighted by molar-refractivity contribution is 5.95. The topological polar surface area (TPSA) is 81.7 Å². The quantitative estimate of drug-likeness (QED) is 0.607. The highest BCUT2D eigenvalue weighted by Crippen LogP contribution is 2.17. The second-order valence-electron chi connectivity index (χ2n) is 7.52. The molecule has 0 unspecified atom stereocenters. The maximum atomic E-state index is 12.5. The van der Waals surface area contributed by atoms with E-state index in [0.29, 0.717) is 13.0 Å². The Morgan fingerprint density at radius 1 is 0.828 bits per heavy atom. The molecule has 0 saturated heterocycles. The second kappa shape index (κ2) is 10.7. The lowest BCUT2D eigenvalue weighted by Gasteiger charge is -2.21. The first-order valence-electron chi connectivity index (χ1n) is 9.86. The monoisotopic (exact) mass is 397 g/mol. The normalized spacial score (nSPS) is 10.8. The van der Waals surface area contributed by atoms with Gasteiger partial charge in [-0.15, -0.1) is 0 Å². The molecule has 0 spiro atoms. The predicted molar refractivity (Wildman–Crippen MR) is 117 cm³/mol. The van der Waals surface area contributed by atoms with Gasteiger partial charge in [0.15, 0.2) is 0 Å². The van der Waals surface area contributed by atoms with Gasteiger partial charge in [-0.2, -0.15) is 0 Å². The average Bonchev–Trinajstić information content (AvgIpc) is 2.64. The third-order valence-corrected chi connectivity index (χ3v) is 4.68. The zero-order valence-corrected chi connectivity index (χ0v) is 17.7. The number of anilines is 2. The van der Waals surface area contributed by atoms with E-state index in [1.165, 1.54) is 0 Å². The largest absolute Gasteiger partial charge is 0.396 e. The van der Waals surface area contributed by atoms with Crippen LogP contribution >= 0.6 is 0 Å². The van der Waals surface area contributed by atoms with Crippen molar-refractivity contribution in [1.82, 2.24) is 4.90 Å². The molecule has 0 aliphatic heterocycles. The van der Waals surface area contributed by atoms with Crippen molar-refractivity contribution in [2.75, 3.05) is 36.9 Å². The first-order chi connectivity index (χ1) is 13.8. The molecule has 2 aromatic rings. The van der Waals surface area contributed by atoms with Crippen molar-refractivity contribution in [2.45, 2.75) is 34.1 Å². The fraction of sp³-hybridized carbons (Fsp3) is 0.391. The van der Waals surface area contributed by atoms with Crippen molar-refractivity contribution in [3.05, 3.63) is 58.7 Å². The smallest absolute Gasteiger partial charge is 0.238 e. The Hall–Kier alpha value is -2.70. The van der Waals surface area contributed by atoms with E-state index in [1.807, 2.05) is 64.1 Å². The molecule has 0 saturated carbocycles. The number of carbonyl (C=O) groups is 2. The first kappa shape index (κ1) is 22.6. The number of rotatable bonds is 9. The molecule has 2 amide bonds. The molecule has 6 heteroatoms. The van der Waals surface area contributed by atoms with E-state index in [9.17, 15) is 9.59 Å². The molecular weight excluding hydrogens is 366 g/mol. The number of aliphatic hydroxyl groups excluding tert-OH is 1. The Labute approximate surface area is 172 Å². The lowest BCUT2D eigenvalue weighted by atomic mass is 10.1. The predicted octanol–water partition coefficient (Wildman–Crippen LogP) is 3.18. The number of aryl methyl sites for hydroxylation is 4. The van der Waals surface area contributed by atoms with Gasteiger partial charge < -0.3 is 15.7 Å². The summed E-state index contributed by atoms with van der Waals surface area (Å²) in [5.41, 5.74) is 5.78. The van der Waals surface area contributed by atoms with Gasteiger partial charge in [-0.1, -0.05) is 35.4 Å². The number of amides is 2. The molecule has 156 valence electrons. The molecule has 0 bridgehead atoms. The van der Waals surface area contributed by atoms with Crippen LogP contribution < -0.4 is 10.6 Å². The maximum absolute atomic E-state index is 12.5. The van der Waals surface area contributed by atoms with Gasteiger partial charge in [-0.25, -0.2) is 0 Å². The van der Waals surface area contributed by atoms with Gasteiger partial charge >= 0.3 is 0 Å². The minimum Gasteiger partial charge on any atom is -0.396 e. The molecule has 6 nitrogen and oxygen atoms in total. The van der Waals surface area contributed by atoms with Crippen LogP contribution in [0, 0.1) is 27.7 Å². The molecule has 0 radical (unpaired) electrons. The zero-order valence-electron chi connectivity index (χ0n) is 17.7. The van der Waals surface area contributed by atoms with Crippen LogP contribution in [-0.2, 0) is 9.59 Å². The third-order valence-electron chi connectivity index (χ3n) is 4.68. The number of nitrogens with zero attached hydrogens (tertiary/aromatic N) is 1. The van der Waals surface area contributed by atoms with Crippen LogP contribution in [0.25, 0.3) is 0 Å². The van der Waals surface area contributed by atoms with Crippen LogP contribution in [0.5, 0.6) is 0 Å². The van der Waals surface area contributed by atoms with Crippen LogP contribution in [0.4, 0.5) is 11.4 Å². The standard InChI is InChI=1S/C23H31N3O3/c1-16-6-8-20(18(3)12-16)24-22(28)14-26(10-5-11-27)15-23(29)25-21-9-7-17(2)13-19(21)4/h6-9,12-13,27H,5,10-11,14-15H2,1-4H3,(H,24,28)(H,25,29). The van der Waals surface area contributed by atoms with Crippen molar-refractivity contribution in [1.29, 1.82) is 0 Å². The van der Waals surface area contributed by atoms with Crippen LogP contribution in [0.15, 0.2) is 36.4 Å². The van der Waals surface area contributed by atoms with Gasteiger partial charge in [0.05, 0.1) is 13.1 Å². The van der Waals surface area contributed by atoms with Gasteiger partial charge in [-0.05, 0) is 57.4 Å². The molecule has 0 fully saturated rings. The minimum atomic E-state index is -0.186. The fourth-order valence-corrected chi connectivity index (χ4v) is 3.20. The molecule has 0 heterocycles. The number of nitrogens with one attached hydrogen (secondary N) is 2. The Morgan fingerprint density at radius 3 is 1.66 bits per heavy atom. The first-order valence-corrected chi connectivity index (χ1v) is 9.86. The highest BCUT2D eigenvalue weighted by Gasteiger charge is 2.16. The molecule has 2 aromatic carbocycles. The SMILES string of the molecule is Cc1ccc(NC(=O)CN(CCCO)CC(=O)Nc2ccc(C)cc2C)c(C)c1. The van der Waals surface area contributed by atoms with Crippen LogP contribution in [0.2, 0.25) is 0 Å². The zero-order chi connectivity index (χ0) is 21.4. The molecule has 0 aromatic heterocycles. The fourth-order valence-electron chi connectivity index (χ4n) is 3.20. The van der Waals surface area contributed by atoms with Gasteiger partial charge in [0.1, 0.15) is 0 Å². The summed E-state index contributed by atoms with van der Waals surface area (Å²) in [6.07, 6.45) is 0.494. The molecule has 3 N–H and O–H groups in total. The lowest BCUT2D eigenvalue weighted by molar-refractivity contribution is -0.120. The Balaban J connectivity index is 1.98. The average molecular weight is 398 g/mol. The van der Waals surface area contributed by atoms with Crippen LogP contribution in [0.3, 0.4) is 0 Å². The Kier molecular flexibility index (Phi) is 8.36. The van der Waals surface area contributed by atoms with Crippen molar-refractivity contribution in [3.63, 3.8) is 0 Å². The van der Waals surface area contributed by atoms with Crippen molar-refractivity contribution < 1.29 is 14.7 Å². The number of benzene rings is 2. The lowest BCUT2D eigenvalue weighted by Crippen LogP contribution is -2.39. The third kappa shape index (κ3) is 7.33. The van der Waals surface area contributed by atoms with E-state index in [0.717, 1.165) is 33.6 Å².